The number of carbonyl (C=O) groups is 2. The fourth-order valence-electron chi connectivity index (χ4n) is 2.64. The summed E-state index contributed by atoms with van der Waals surface area (Å²) < 4.78 is 0. The van der Waals surface area contributed by atoms with Crippen molar-refractivity contribution >= 4 is 35.5 Å². The highest BCUT2D eigenvalue weighted by Crippen LogP contribution is 2.36. The van der Waals surface area contributed by atoms with E-state index in [9.17, 15) is 9.59 Å². The maximum absolute atomic E-state index is 12.1. The first kappa shape index (κ1) is 17.2. The number of fused-ring (bicyclic) bond motifs is 1. The monoisotopic (exact) mass is 353 g/mol. The number of benzene rings is 2. The molecule has 2 aromatic rings. The second-order valence-corrected chi connectivity index (χ2v) is 7.14. The average molecular weight is 353 g/mol. The van der Waals surface area contributed by atoms with Gasteiger partial charge in [-0.2, -0.15) is 5.10 Å². The van der Waals surface area contributed by atoms with Crippen molar-refractivity contribution in [1.29, 1.82) is 0 Å². The van der Waals surface area contributed by atoms with Crippen LogP contribution < -0.4 is 10.7 Å². The van der Waals surface area contributed by atoms with Crippen LogP contribution in [0.1, 0.15) is 23.1 Å². The molecule has 1 aliphatic heterocycles. The number of thioether (sulfide) groups is 1. The molecule has 0 bridgehead atoms. The van der Waals surface area contributed by atoms with Crippen molar-refractivity contribution in [1.82, 2.24) is 5.43 Å². The molecule has 1 aliphatic rings. The van der Waals surface area contributed by atoms with E-state index in [1.807, 2.05) is 56.3 Å². The van der Waals surface area contributed by atoms with Crippen LogP contribution in [-0.2, 0) is 9.59 Å². The van der Waals surface area contributed by atoms with Gasteiger partial charge in [0.1, 0.15) is 0 Å². The lowest BCUT2D eigenvalue weighted by Gasteiger charge is -2.23. The number of hydrazone groups is 1. The molecule has 25 heavy (non-hydrogen) atoms. The molecule has 0 spiro atoms. The summed E-state index contributed by atoms with van der Waals surface area (Å²) in [4.78, 5) is 25.2. The Morgan fingerprint density at radius 2 is 1.92 bits per heavy atom. The summed E-state index contributed by atoms with van der Waals surface area (Å²) in [6.45, 7) is 3.99. The Kier molecular flexibility index (Phi) is 5.19. The molecular formula is C19H19N3O2S. The lowest BCUT2D eigenvalue weighted by molar-refractivity contribution is -0.124. The molecule has 5 nitrogen and oxygen atoms in total. The van der Waals surface area contributed by atoms with E-state index in [0.717, 1.165) is 27.3 Å². The SMILES string of the molecule is Cc1cccc(C)c1/C=N\NC(=O)C[C@@H]1Sc2ccccc2NC1=O. The van der Waals surface area contributed by atoms with Crippen LogP contribution in [0.5, 0.6) is 0 Å². The van der Waals surface area contributed by atoms with Crippen LogP contribution in [0.15, 0.2) is 52.5 Å². The number of para-hydroxylation sites is 1. The molecule has 0 radical (unpaired) electrons. The van der Waals surface area contributed by atoms with E-state index in [1.54, 1.807) is 6.21 Å². The Bertz CT molecular complexity index is 828. The zero-order valence-corrected chi connectivity index (χ0v) is 14.9. The standard InChI is InChI=1S/C19H19N3O2S/c1-12-6-5-7-13(2)14(12)11-20-22-18(23)10-17-19(24)21-15-8-3-4-9-16(15)25-17/h3-9,11,17H,10H2,1-2H3,(H,21,24)(H,22,23)/b20-11-/t17-/m0/s1. The number of carbonyl (C=O) groups excluding carboxylic acids is 2. The zero-order chi connectivity index (χ0) is 17.8. The summed E-state index contributed by atoms with van der Waals surface area (Å²) in [6, 6.07) is 13.5. The van der Waals surface area contributed by atoms with Gasteiger partial charge in [-0.05, 0) is 37.1 Å². The Balaban J connectivity index is 1.60. The van der Waals surface area contributed by atoms with E-state index in [0.29, 0.717) is 0 Å². The van der Waals surface area contributed by atoms with Gasteiger partial charge in [0.15, 0.2) is 0 Å². The lowest BCUT2D eigenvalue weighted by Crippen LogP contribution is -2.33. The maximum Gasteiger partial charge on any atom is 0.241 e. The Morgan fingerprint density at radius 1 is 1.20 bits per heavy atom. The van der Waals surface area contributed by atoms with Crippen molar-refractivity contribution in [2.75, 3.05) is 5.32 Å². The van der Waals surface area contributed by atoms with E-state index in [-0.39, 0.29) is 18.2 Å². The minimum atomic E-state index is -0.453. The van der Waals surface area contributed by atoms with Crippen molar-refractivity contribution in [2.45, 2.75) is 30.4 Å². The molecule has 3 rings (SSSR count). The van der Waals surface area contributed by atoms with E-state index in [1.165, 1.54) is 11.8 Å². The van der Waals surface area contributed by atoms with Gasteiger partial charge in [0.2, 0.25) is 11.8 Å². The van der Waals surface area contributed by atoms with Gasteiger partial charge in [0.25, 0.3) is 0 Å². The smallest absolute Gasteiger partial charge is 0.241 e. The Hall–Kier alpha value is -2.60. The summed E-state index contributed by atoms with van der Waals surface area (Å²) in [6.07, 6.45) is 1.72. The molecule has 0 aromatic heterocycles. The van der Waals surface area contributed by atoms with Crippen molar-refractivity contribution in [3.63, 3.8) is 0 Å². The molecule has 0 unspecified atom stereocenters. The quantitative estimate of drug-likeness (QED) is 0.655. The molecule has 0 saturated carbocycles. The molecule has 1 heterocycles. The maximum atomic E-state index is 12.1. The number of rotatable bonds is 4. The largest absolute Gasteiger partial charge is 0.324 e. The summed E-state index contributed by atoms with van der Waals surface area (Å²) in [7, 11) is 0. The van der Waals surface area contributed by atoms with Crippen LogP contribution >= 0.6 is 11.8 Å². The summed E-state index contributed by atoms with van der Waals surface area (Å²) in [5, 5.41) is 6.41. The van der Waals surface area contributed by atoms with Crippen LogP contribution in [0, 0.1) is 13.8 Å². The van der Waals surface area contributed by atoms with Gasteiger partial charge >= 0.3 is 0 Å². The van der Waals surface area contributed by atoms with Gasteiger partial charge in [-0.3, -0.25) is 9.59 Å². The van der Waals surface area contributed by atoms with Gasteiger partial charge in [-0.25, -0.2) is 5.43 Å². The summed E-state index contributed by atoms with van der Waals surface area (Å²) in [5.41, 5.74) is 6.48. The van der Waals surface area contributed by atoms with Crippen LogP contribution in [0.25, 0.3) is 0 Å². The third-order valence-electron chi connectivity index (χ3n) is 4.00. The number of nitrogens with one attached hydrogen (secondary N) is 2. The molecule has 2 aromatic carbocycles. The number of nitrogens with zero attached hydrogens (tertiary/aromatic N) is 1. The molecule has 2 N–H and O–H groups in total. The number of hydrogen-bond donors (Lipinski definition) is 2. The topological polar surface area (TPSA) is 70.6 Å². The van der Waals surface area contributed by atoms with Crippen molar-refractivity contribution in [3.8, 4) is 0 Å². The highest BCUT2D eigenvalue weighted by Gasteiger charge is 2.28. The van der Waals surface area contributed by atoms with E-state index in [4.69, 9.17) is 0 Å². The third kappa shape index (κ3) is 4.09. The van der Waals surface area contributed by atoms with Gasteiger partial charge < -0.3 is 5.32 Å². The number of amides is 2. The van der Waals surface area contributed by atoms with Gasteiger partial charge in [0.05, 0.1) is 17.2 Å². The van der Waals surface area contributed by atoms with Gasteiger partial charge in [-0.15, -0.1) is 11.8 Å². The van der Waals surface area contributed by atoms with Crippen LogP contribution in [-0.4, -0.2) is 23.3 Å². The lowest BCUT2D eigenvalue weighted by atomic mass is 10.0. The molecular weight excluding hydrogens is 334 g/mol. The van der Waals surface area contributed by atoms with Gasteiger partial charge in [-0.1, -0.05) is 30.3 Å². The normalized spacial score (nSPS) is 16.4. The molecule has 6 heteroatoms. The molecule has 0 aliphatic carbocycles. The second kappa shape index (κ2) is 7.53. The van der Waals surface area contributed by atoms with Crippen LogP contribution in [0.3, 0.4) is 0 Å². The number of anilines is 1. The Morgan fingerprint density at radius 3 is 2.68 bits per heavy atom. The second-order valence-electron chi connectivity index (χ2n) is 5.89. The highest BCUT2D eigenvalue weighted by atomic mass is 32.2. The van der Waals surface area contributed by atoms with Crippen molar-refractivity contribution in [2.24, 2.45) is 5.10 Å². The van der Waals surface area contributed by atoms with E-state index >= 15 is 0 Å². The number of aryl methyl sites for hydroxylation is 2. The molecule has 128 valence electrons. The highest BCUT2D eigenvalue weighted by molar-refractivity contribution is 8.01. The van der Waals surface area contributed by atoms with Gasteiger partial charge in [0, 0.05) is 16.9 Å². The summed E-state index contributed by atoms with van der Waals surface area (Å²) in [5.74, 6) is -0.438. The third-order valence-corrected chi connectivity index (χ3v) is 5.28. The van der Waals surface area contributed by atoms with Crippen molar-refractivity contribution in [3.05, 3.63) is 59.2 Å². The predicted molar refractivity (Wildman–Crippen MR) is 101 cm³/mol. The Labute approximate surface area is 150 Å². The minimum absolute atomic E-state index is 0.0783. The molecule has 1 atom stereocenters. The number of hydrogen-bond acceptors (Lipinski definition) is 4. The zero-order valence-electron chi connectivity index (χ0n) is 14.1. The first-order valence-electron chi connectivity index (χ1n) is 7.99. The summed E-state index contributed by atoms with van der Waals surface area (Å²) >= 11 is 1.40. The average Bonchev–Trinajstić information content (AvgIpc) is 2.58. The first-order chi connectivity index (χ1) is 12.0. The van der Waals surface area contributed by atoms with E-state index in [2.05, 4.69) is 15.8 Å². The predicted octanol–water partition coefficient (Wildman–Crippen LogP) is 3.26. The fraction of sp³-hybridized carbons (Fsp3) is 0.211. The van der Waals surface area contributed by atoms with Crippen LogP contribution in [0.2, 0.25) is 0 Å². The first-order valence-corrected chi connectivity index (χ1v) is 8.87. The van der Waals surface area contributed by atoms with Crippen molar-refractivity contribution < 1.29 is 9.59 Å². The fourth-order valence-corrected chi connectivity index (χ4v) is 3.75. The molecule has 2 amide bonds. The molecule has 0 saturated heterocycles. The van der Waals surface area contributed by atoms with E-state index < -0.39 is 5.25 Å². The van der Waals surface area contributed by atoms with Crippen LogP contribution in [0.4, 0.5) is 5.69 Å². The molecule has 0 fully saturated rings. The minimum Gasteiger partial charge on any atom is -0.324 e.